The highest BCUT2D eigenvalue weighted by atomic mass is 79.9. The number of carbonyl (C=O) groups excluding carboxylic acids is 2. The summed E-state index contributed by atoms with van der Waals surface area (Å²) < 4.78 is 0.678. The molecule has 2 amide bonds. The predicted octanol–water partition coefficient (Wildman–Crippen LogP) is 3.37. The van der Waals surface area contributed by atoms with E-state index in [-0.39, 0.29) is 11.8 Å². The summed E-state index contributed by atoms with van der Waals surface area (Å²) in [4.78, 5) is 26.2. The minimum atomic E-state index is -0.481. The summed E-state index contributed by atoms with van der Waals surface area (Å²) in [5.74, 6) is 0.147. The summed E-state index contributed by atoms with van der Waals surface area (Å²) in [6, 6.07) is 4.90. The van der Waals surface area contributed by atoms with Crippen molar-refractivity contribution in [3.05, 3.63) is 27.7 Å². The van der Waals surface area contributed by atoms with Crippen LogP contribution in [0.4, 0.5) is 5.69 Å². The molecule has 1 N–H and O–H groups in total. The summed E-state index contributed by atoms with van der Waals surface area (Å²) in [7, 11) is 0. The van der Waals surface area contributed by atoms with Crippen molar-refractivity contribution in [2.75, 3.05) is 11.4 Å². The van der Waals surface area contributed by atoms with Gasteiger partial charge in [0, 0.05) is 13.0 Å². The molecule has 4 nitrogen and oxygen atoms in total. The van der Waals surface area contributed by atoms with Crippen molar-refractivity contribution >= 4 is 45.0 Å². The van der Waals surface area contributed by atoms with Crippen LogP contribution in [-0.2, 0) is 9.59 Å². The van der Waals surface area contributed by atoms with Crippen molar-refractivity contribution in [2.45, 2.75) is 32.7 Å². The standard InChI is InChI=1S/C15H18BrClN2O2/c1-9(2)8-11-15(21)19(7-6-13(20)18-11)12-5-3-4-10(17)14(12)16/h3-5,9,11H,6-8H2,1-2H3,(H,18,20). The number of hydrogen-bond acceptors (Lipinski definition) is 2. The van der Waals surface area contributed by atoms with Crippen LogP contribution in [0.3, 0.4) is 0 Å². The molecule has 1 aliphatic heterocycles. The smallest absolute Gasteiger partial charge is 0.249 e. The maximum Gasteiger partial charge on any atom is 0.249 e. The van der Waals surface area contributed by atoms with Crippen LogP contribution in [0.1, 0.15) is 26.7 Å². The summed E-state index contributed by atoms with van der Waals surface area (Å²) in [5, 5.41) is 3.36. The summed E-state index contributed by atoms with van der Waals surface area (Å²) in [6.07, 6.45) is 0.915. The molecule has 21 heavy (non-hydrogen) atoms. The van der Waals surface area contributed by atoms with Gasteiger partial charge in [-0.15, -0.1) is 0 Å². The highest BCUT2D eigenvalue weighted by Crippen LogP contribution is 2.34. The average Bonchev–Trinajstić information content (AvgIpc) is 2.53. The van der Waals surface area contributed by atoms with Gasteiger partial charge in [-0.25, -0.2) is 0 Å². The van der Waals surface area contributed by atoms with E-state index in [1.165, 1.54) is 0 Å². The van der Waals surface area contributed by atoms with Gasteiger partial charge in [0.1, 0.15) is 6.04 Å². The molecular formula is C15H18BrClN2O2. The maximum absolute atomic E-state index is 12.7. The summed E-state index contributed by atoms with van der Waals surface area (Å²) >= 11 is 9.53. The van der Waals surface area contributed by atoms with Crippen molar-refractivity contribution in [3.63, 3.8) is 0 Å². The van der Waals surface area contributed by atoms with Crippen molar-refractivity contribution in [1.29, 1.82) is 0 Å². The zero-order valence-corrected chi connectivity index (χ0v) is 14.4. The zero-order chi connectivity index (χ0) is 15.6. The topological polar surface area (TPSA) is 49.4 Å². The molecule has 0 aliphatic carbocycles. The number of anilines is 1. The predicted molar refractivity (Wildman–Crippen MR) is 87.5 cm³/mol. The fourth-order valence-corrected chi connectivity index (χ4v) is 3.06. The number of nitrogens with zero attached hydrogens (tertiary/aromatic N) is 1. The van der Waals surface area contributed by atoms with Crippen LogP contribution in [0.15, 0.2) is 22.7 Å². The van der Waals surface area contributed by atoms with Gasteiger partial charge in [0.25, 0.3) is 0 Å². The lowest BCUT2D eigenvalue weighted by Crippen LogP contribution is -2.45. The van der Waals surface area contributed by atoms with E-state index in [1.54, 1.807) is 17.0 Å². The molecule has 1 aromatic carbocycles. The van der Waals surface area contributed by atoms with Crippen molar-refractivity contribution in [1.82, 2.24) is 5.32 Å². The molecule has 6 heteroatoms. The third kappa shape index (κ3) is 3.77. The number of halogens is 2. The Morgan fingerprint density at radius 1 is 1.43 bits per heavy atom. The second-order valence-corrected chi connectivity index (χ2v) is 6.76. The Hall–Kier alpha value is -1.07. The Kier molecular flexibility index (Phi) is 5.27. The quantitative estimate of drug-likeness (QED) is 0.883. The van der Waals surface area contributed by atoms with E-state index < -0.39 is 6.04 Å². The van der Waals surface area contributed by atoms with E-state index in [0.717, 1.165) is 0 Å². The molecule has 0 saturated carbocycles. The first-order chi connectivity index (χ1) is 9.90. The van der Waals surface area contributed by atoms with Gasteiger partial charge in [-0.1, -0.05) is 31.5 Å². The van der Waals surface area contributed by atoms with Crippen LogP contribution < -0.4 is 10.2 Å². The van der Waals surface area contributed by atoms with Gasteiger partial charge < -0.3 is 10.2 Å². The third-order valence-corrected chi connectivity index (χ3v) is 4.77. The van der Waals surface area contributed by atoms with Crippen LogP contribution in [0.2, 0.25) is 5.02 Å². The lowest BCUT2D eigenvalue weighted by Gasteiger charge is -2.26. The van der Waals surface area contributed by atoms with E-state index in [9.17, 15) is 9.59 Å². The fraction of sp³-hybridized carbons (Fsp3) is 0.467. The third-order valence-electron chi connectivity index (χ3n) is 3.39. The normalized spacial score (nSPS) is 19.7. The monoisotopic (exact) mass is 372 g/mol. The highest BCUT2D eigenvalue weighted by Gasteiger charge is 2.32. The molecule has 1 aromatic rings. The fourth-order valence-electron chi connectivity index (χ4n) is 2.41. The highest BCUT2D eigenvalue weighted by molar-refractivity contribution is 9.10. The summed E-state index contributed by atoms with van der Waals surface area (Å²) in [5.41, 5.74) is 0.706. The molecule has 0 spiro atoms. The molecule has 1 fully saturated rings. The van der Waals surface area contributed by atoms with E-state index in [4.69, 9.17) is 11.6 Å². The Labute approximate surface area is 138 Å². The van der Waals surface area contributed by atoms with Crippen LogP contribution in [0, 0.1) is 5.92 Å². The molecule has 0 radical (unpaired) electrons. The van der Waals surface area contributed by atoms with Crippen molar-refractivity contribution in [2.24, 2.45) is 5.92 Å². The Morgan fingerprint density at radius 2 is 2.14 bits per heavy atom. The molecule has 1 heterocycles. The lowest BCUT2D eigenvalue weighted by atomic mass is 10.0. The van der Waals surface area contributed by atoms with E-state index in [2.05, 4.69) is 21.2 Å². The van der Waals surface area contributed by atoms with Gasteiger partial charge >= 0.3 is 0 Å². The molecule has 1 saturated heterocycles. The van der Waals surface area contributed by atoms with Gasteiger partial charge in [-0.2, -0.15) is 0 Å². The Bertz CT molecular complexity index is 563. The Balaban J connectivity index is 2.35. The van der Waals surface area contributed by atoms with Crippen LogP contribution >= 0.6 is 27.5 Å². The number of hydrogen-bond donors (Lipinski definition) is 1. The molecule has 0 aromatic heterocycles. The zero-order valence-electron chi connectivity index (χ0n) is 12.0. The van der Waals surface area contributed by atoms with Gasteiger partial charge in [0.2, 0.25) is 11.8 Å². The SMILES string of the molecule is CC(C)CC1NC(=O)CCN(c2cccc(Cl)c2Br)C1=O. The van der Waals surface area contributed by atoms with Gasteiger partial charge in [0.05, 0.1) is 15.2 Å². The van der Waals surface area contributed by atoms with Crippen LogP contribution in [0.5, 0.6) is 0 Å². The van der Waals surface area contributed by atoms with Gasteiger partial charge in [-0.05, 0) is 40.4 Å². The molecule has 0 bridgehead atoms. The van der Waals surface area contributed by atoms with Crippen molar-refractivity contribution in [3.8, 4) is 0 Å². The lowest BCUT2D eigenvalue weighted by molar-refractivity contribution is -0.125. The minimum absolute atomic E-state index is 0.0856. The first-order valence-electron chi connectivity index (χ1n) is 6.95. The largest absolute Gasteiger partial charge is 0.344 e. The number of benzene rings is 1. The number of carbonyl (C=O) groups is 2. The molecule has 2 rings (SSSR count). The minimum Gasteiger partial charge on any atom is -0.344 e. The first-order valence-corrected chi connectivity index (χ1v) is 8.12. The first kappa shape index (κ1) is 16.3. The van der Waals surface area contributed by atoms with Crippen LogP contribution in [0.25, 0.3) is 0 Å². The van der Waals surface area contributed by atoms with Gasteiger partial charge in [-0.3, -0.25) is 9.59 Å². The summed E-state index contributed by atoms with van der Waals surface area (Å²) in [6.45, 7) is 4.42. The molecule has 1 aliphatic rings. The van der Waals surface area contributed by atoms with E-state index in [1.807, 2.05) is 19.9 Å². The number of amides is 2. The van der Waals surface area contributed by atoms with Crippen LogP contribution in [-0.4, -0.2) is 24.4 Å². The maximum atomic E-state index is 12.7. The Morgan fingerprint density at radius 3 is 2.81 bits per heavy atom. The molecular weight excluding hydrogens is 356 g/mol. The second kappa shape index (κ2) is 6.79. The number of rotatable bonds is 3. The molecule has 1 unspecified atom stereocenters. The number of nitrogens with one attached hydrogen (secondary N) is 1. The molecule has 1 atom stereocenters. The van der Waals surface area contributed by atoms with E-state index >= 15 is 0 Å². The second-order valence-electron chi connectivity index (χ2n) is 5.56. The van der Waals surface area contributed by atoms with Gasteiger partial charge in [0.15, 0.2) is 0 Å². The van der Waals surface area contributed by atoms with Crippen molar-refractivity contribution < 1.29 is 9.59 Å². The van der Waals surface area contributed by atoms with E-state index in [0.29, 0.717) is 40.5 Å². The molecule has 114 valence electrons. The average molecular weight is 374 g/mol.